The predicted molar refractivity (Wildman–Crippen MR) is 84.0 cm³/mol. The Kier molecular flexibility index (Phi) is 5.22. The van der Waals surface area contributed by atoms with Crippen molar-refractivity contribution in [1.29, 1.82) is 5.26 Å². The lowest BCUT2D eigenvalue weighted by Gasteiger charge is -2.30. The minimum Gasteiger partial charge on any atom is -0.329 e. The molecule has 3 N–H and O–H groups in total. The van der Waals surface area contributed by atoms with Crippen molar-refractivity contribution in [2.24, 2.45) is 11.1 Å². The van der Waals surface area contributed by atoms with E-state index in [1.807, 2.05) is 6.07 Å². The van der Waals surface area contributed by atoms with E-state index in [4.69, 9.17) is 22.6 Å². The zero-order valence-corrected chi connectivity index (χ0v) is 12.7. The summed E-state index contributed by atoms with van der Waals surface area (Å²) in [6.45, 7) is 0.342. The van der Waals surface area contributed by atoms with E-state index in [9.17, 15) is 4.79 Å². The summed E-state index contributed by atoms with van der Waals surface area (Å²) in [5.41, 5.74) is 6.35. The number of nitriles is 1. The number of nitrogens with one attached hydrogen (secondary N) is 1. The van der Waals surface area contributed by atoms with E-state index in [-0.39, 0.29) is 5.91 Å². The molecule has 1 amide bonds. The fourth-order valence-electron chi connectivity index (χ4n) is 2.87. The van der Waals surface area contributed by atoms with Crippen molar-refractivity contribution < 1.29 is 4.79 Å². The summed E-state index contributed by atoms with van der Waals surface area (Å²) in [4.78, 5) is 12.7. The van der Waals surface area contributed by atoms with Gasteiger partial charge in [-0.3, -0.25) is 4.79 Å². The number of nitrogens with zero attached hydrogens (tertiary/aromatic N) is 1. The zero-order chi connectivity index (χ0) is 15.3. The van der Waals surface area contributed by atoms with Gasteiger partial charge in [0.2, 0.25) is 5.91 Å². The summed E-state index contributed by atoms with van der Waals surface area (Å²) in [6, 6.07) is 6.89. The Balaban J connectivity index is 2.21. The number of amides is 1. The lowest BCUT2D eigenvalue weighted by molar-refractivity contribution is -0.125. The largest absolute Gasteiger partial charge is 0.329 e. The van der Waals surface area contributed by atoms with Crippen molar-refractivity contribution in [3.8, 4) is 6.07 Å². The van der Waals surface area contributed by atoms with Gasteiger partial charge >= 0.3 is 0 Å². The third-order valence-corrected chi connectivity index (χ3v) is 4.61. The summed E-state index contributed by atoms with van der Waals surface area (Å²) >= 11 is 6.10. The molecule has 1 aliphatic carbocycles. The number of anilines is 1. The first-order valence-corrected chi connectivity index (χ1v) is 7.70. The number of carbonyl (C=O) groups excluding carboxylic acids is 1. The van der Waals surface area contributed by atoms with Gasteiger partial charge < -0.3 is 11.1 Å². The van der Waals surface area contributed by atoms with E-state index in [2.05, 4.69) is 5.32 Å². The molecule has 5 heteroatoms. The highest BCUT2D eigenvalue weighted by atomic mass is 35.5. The van der Waals surface area contributed by atoms with Crippen molar-refractivity contribution in [3.63, 3.8) is 0 Å². The third-order valence-electron chi connectivity index (χ3n) is 4.28. The van der Waals surface area contributed by atoms with Gasteiger partial charge in [0, 0.05) is 6.54 Å². The van der Waals surface area contributed by atoms with Gasteiger partial charge in [0.15, 0.2) is 0 Å². The molecule has 2 rings (SSSR count). The smallest absolute Gasteiger partial charge is 0.231 e. The second-order valence-electron chi connectivity index (χ2n) is 5.66. The molecule has 0 atom stereocenters. The van der Waals surface area contributed by atoms with Crippen LogP contribution in [0.25, 0.3) is 0 Å². The fourth-order valence-corrected chi connectivity index (χ4v) is 3.04. The number of carbonyl (C=O) groups is 1. The second kappa shape index (κ2) is 6.93. The van der Waals surface area contributed by atoms with Gasteiger partial charge in [-0.05, 0) is 31.0 Å². The SMILES string of the molecule is N#Cc1ccc(Cl)c(NC(=O)C2(CN)CCCCCC2)c1. The first-order chi connectivity index (χ1) is 10.1. The first-order valence-electron chi connectivity index (χ1n) is 7.32. The van der Waals surface area contributed by atoms with E-state index in [1.54, 1.807) is 18.2 Å². The van der Waals surface area contributed by atoms with Crippen molar-refractivity contribution >= 4 is 23.2 Å². The van der Waals surface area contributed by atoms with Gasteiger partial charge in [0.25, 0.3) is 0 Å². The quantitative estimate of drug-likeness (QED) is 0.839. The molecule has 0 saturated heterocycles. The van der Waals surface area contributed by atoms with Crippen LogP contribution in [0.3, 0.4) is 0 Å². The molecule has 1 aromatic carbocycles. The number of benzene rings is 1. The molecule has 0 aliphatic heterocycles. The van der Waals surface area contributed by atoms with Gasteiger partial charge in [-0.2, -0.15) is 5.26 Å². The lowest BCUT2D eigenvalue weighted by atomic mass is 9.79. The molecule has 1 aromatic rings. The summed E-state index contributed by atoms with van der Waals surface area (Å²) in [5.74, 6) is -0.0797. The molecular weight excluding hydrogens is 286 g/mol. The van der Waals surface area contributed by atoms with Crippen LogP contribution in [0.1, 0.15) is 44.1 Å². The average molecular weight is 306 g/mol. The van der Waals surface area contributed by atoms with Crippen LogP contribution in [0.5, 0.6) is 0 Å². The number of halogens is 1. The van der Waals surface area contributed by atoms with Crippen LogP contribution in [-0.2, 0) is 4.79 Å². The third kappa shape index (κ3) is 3.55. The van der Waals surface area contributed by atoms with Crippen LogP contribution in [-0.4, -0.2) is 12.5 Å². The molecule has 0 unspecified atom stereocenters. The Morgan fingerprint density at radius 2 is 2.00 bits per heavy atom. The number of hydrogen-bond donors (Lipinski definition) is 2. The number of nitrogens with two attached hydrogens (primary N) is 1. The van der Waals surface area contributed by atoms with Crippen LogP contribution in [0, 0.1) is 16.7 Å². The highest BCUT2D eigenvalue weighted by Gasteiger charge is 2.37. The van der Waals surface area contributed by atoms with Gasteiger partial charge in [-0.25, -0.2) is 0 Å². The Labute approximate surface area is 130 Å². The van der Waals surface area contributed by atoms with Crippen molar-refractivity contribution in [1.82, 2.24) is 0 Å². The molecule has 0 spiro atoms. The van der Waals surface area contributed by atoms with Crippen LogP contribution >= 0.6 is 11.6 Å². The van der Waals surface area contributed by atoms with Crippen molar-refractivity contribution in [3.05, 3.63) is 28.8 Å². The minimum atomic E-state index is -0.511. The van der Waals surface area contributed by atoms with Crippen LogP contribution in [0.15, 0.2) is 18.2 Å². The molecule has 1 fully saturated rings. The zero-order valence-electron chi connectivity index (χ0n) is 12.0. The Morgan fingerprint density at radius 1 is 1.33 bits per heavy atom. The highest BCUT2D eigenvalue weighted by molar-refractivity contribution is 6.33. The minimum absolute atomic E-state index is 0.0797. The summed E-state index contributed by atoms with van der Waals surface area (Å²) < 4.78 is 0. The van der Waals surface area contributed by atoms with Gasteiger partial charge in [0.05, 0.1) is 27.8 Å². The van der Waals surface area contributed by atoms with Gasteiger partial charge in [-0.15, -0.1) is 0 Å². The highest BCUT2D eigenvalue weighted by Crippen LogP contribution is 2.36. The molecule has 0 radical (unpaired) electrons. The number of hydrogen-bond acceptors (Lipinski definition) is 3. The maximum Gasteiger partial charge on any atom is 0.231 e. The molecule has 1 aliphatic rings. The van der Waals surface area contributed by atoms with Crippen LogP contribution in [0.2, 0.25) is 5.02 Å². The normalized spacial score (nSPS) is 17.6. The van der Waals surface area contributed by atoms with Crippen LogP contribution in [0.4, 0.5) is 5.69 Å². The Hall–Kier alpha value is -1.57. The van der Waals surface area contributed by atoms with E-state index in [0.717, 1.165) is 38.5 Å². The van der Waals surface area contributed by atoms with E-state index >= 15 is 0 Å². The van der Waals surface area contributed by atoms with Crippen LogP contribution < -0.4 is 11.1 Å². The molecule has 1 saturated carbocycles. The molecule has 21 heavy (non-hydrogen) atoms. The molecule has 0 bridgehead atoms. The number of rotatable bonds is 3. The summed E-state index contributed by atoms with van der Waals surface area (Å²) in [6.07, 6.45) is 5.97. The standard InChI is InChI=1S/C16H20ClN3O/c17-13-6-5-12(10-18)9-14(13)20-15(21)16(11-19)7-3-1-2-4-8-16/h5-6,9H,1-4,7-8,11,19H2,(H,20,21). The topological polar surface area (TPSA) is 78.9 Å². The summed E-state index contributed by atoms with van der Waals surface area (Å²) in [5, 5.41) is 12.2. The monoisotopic (exact) mass is 305 g/mol. The molecule has 0 heterocycles. The lowest BCUT2D eigenvalue weighted by Crippen LogP contribution is -2.42. The Bertz CT molecular complexity index is 557. The van der Waals surface area contributed by atoms with Crippen molar-refractivity contribution in [2.45, 2.75) is 38.5 Å². The summed E-state index contributed by atoms with van der Waals surface area (Å²) in [7, 11) is 0. The maximum atomic E-state index is 12.7. The average Bonchev–Trinajstić information content (AvgIpc) is 2.76. The Morgan fingerprint density at radius 3 is 2.57 bits per heavy atom. The van der Waals surface area contributed by atoms with Crippen molar-refractivity contribution in [2.75, 3.05) is 11.9 Å². The van der Waals surface area contributed by atoms with Gasteiger partial charge in [-0.1, -0.05) is 37.3 Å². The molecule has 4 nitrogen and oxygen atoms in total. The van der Waals surface area contributed by atoms with Gasteiger partial charge in [0.1, 0.15) is 0 Å². The molecular formula is C16H20ClN3O. The first kappa shape index (κ1) is 15.8. The predicted octanol–water partition coefficient (Wildman–Crippen LogP) is 3.45. The fraction of sp³-hybridized carbons (Fsp3) is 0.500. The van der Waals surface area contributed by atoms with E-state index in [0.29, 0.717) is 22.8 Å². The molecule has 112 valence electrons. The van der Waals surface area contributed by atoms with E-state index in [1.165, 1.54) is 0 Å². The second-order valence-corrected chi connectivity index (χ2v) is 6.07. The maximum absolute atomic E-state index is 12.7. The molecule has 0 aromatic heterocycles. The van der Waals surface area contributed by atoms with E-state index < -0.39 is 5.41 Å².